The molecule has 2 rings (SSSR count). The van der Waals surface area contributed by atoms with Crippen molar-refractivity contribution in [3.05, 3.63) is 46.3 Å². The average Bonchev–Trinajstić information content (AvgIpc) is 2.84. The van der Waals surface area contributed by atoms with Crippen LogP contribution in [0, 0.1) is 0 Å². The van der Waals surface area contributed by atoms with Gasteiger partial charge in [0.2, 0.25) is 0 Å². The van der Waals surface area contributed by atoms with Gasteiger partial charge in [-0.15, -0.1) is 0 Å². The van der Waals surface area contributed by atoms with E-state index in [9.17, 15) is 9.59 Å². The van der Waals surface area contributed by atoms with E-state index < -0.39 is 11.7 Å². The molecule has 3 N–H and O–H groups in total. The van der Waals surface area contributed by atoms with E-state index in [4.69, 9.17) is 19.3 Å². The molecule has 0 bridgehead atoms. The van der Waals surface area contributed by atoms with Crippen LogP contribution in [-0.2, 0) is 20.8 Å². The lowest BCUT2D eigenvalue weighted by molar-refractivity contribution is 0.00838. The Balaban J connectivity index is 1.75. The number of nitrogens with one attached hydrogen (secondary N) is 2. The maximum atomic E-state index is 12.7. The molecular formula is C25H36BrN5O6. The van der Waals surface area contributed by atoms with Gasteiger partial charge in [-0.05, 0) is 60.8 Å². The van der Waals surface area contributed by atoms with Crippen LogP contribution < -0.4 is 10.6 Å². The summed E-state index contributed by atoms with van der Waals surface area (Å²) in [5.41, 5.74) is 1.08. The molecule has 2 amide bonds. The number of nitrogens with zero attached hydrogens (tertiary/aromatic N) is 3. The van der Waals surface area contributed by atoms with E-state index in [1.54, 1.807) is 13.1 Å². The summed E-state index contributed by atoms with van der Waals surface area (Å²) in [4.78, 5) is 34.9. The highest BCUT2D eigenvalue weighted by molar-refractivity contribution is 9.10. The molecule has 0 unspecified atom stereocenters. The molecule has 0 saturated heterocycles. The Bertz CT molecular complexity index is 1020. The molecule has 12 heteroatoms. The Morgan fingerprint density at radius 2 is 1.89 bits per heavy atom. The van der Waals surface area contributed by atoms with Crippen LogP contribution in [0.1, 0.15) is 43.2 Å². The van der Waals surface area contributed by atoms with Crippen molar-refractivity contribution >= 4 is 39.4 Å². The molecule has 1 aromatic carbocycles. The summed E-state index contributed by atoms with van der Waals surface area (Å²) in [6.07, 6.45) is 1.55. The van der Waals surface area contributed by atoms with Gasteiger partial charge in [0.25, 0.3) is 5.91 Å². The van der Waals surface area contributed by atoms with E-state index in [1.807, 2.05) is 39.0 Å². The third-order valence-corrected chi connectivity index (χ3v) is 5.15. The summed E-state index contributed by atoms with van der Waals surface area (Å²) in [5.74, 6) is -0.00756. The fourth-order valence-electron chi connectivity index (χ4n) is 3.11. The second kappa shape index (κ2) is 15.5. The van der Waals surface area contributed by atoms with Gasteiger partial charge in [0.05, 0.1) is 32.6 Å². The number of amides is 2. The summed E-state index contributed by atoms with van der Waals surface area (Å²) >= 11 is 3.23. The molecular weight excluding hydrogens is 546 g/mol. The second-order valence-electron chi connectivity index (χ2n) is 9.00. The normalized spacial score (nSPS) is 11.2. The van der Waals surface area contributed by atoms with Crippen molar-refractivity contribution in [2.24, 2.45) is 0 Å². The van der Waals surface area contributed by atoms with Crippen molar-refractivity contribution in [1.29, 1.82) is 0 Å². The quantitative estimate of drug-likeness (QED) is 0.285. The Labute approximate surface area is 226 Å². The third kappa shape index (κ3) is 11.4. The van der Waals surface area contributed by atoms with Gasteiger partial charge in [-0.3, -0.25) is 4.79 Å². The van der Waals surface area contributed by atoms with Crippen molar-refractivity contribution in [2.75, 3.05) is 57.2 Å². The first kappa shape index (κ1) is 30.4. The molecule has 0 saturated carbocycles. The Morgan fingerprint density at radius 3 is 2.59 bits per heavy atom. The number of aromatic nitrogens is 2. The number of aliphatic hydroxyl groups excluding tert-OH is 1. The SMILES string of the molecule is CNc1ncc(Br)nc1C(=O)Nc1cccc(COCCOCCN(CCCO)C(=O)OC(C)(C)C)c1. The number of rotatable bonds is 14. The minimum atomic E-state index is -0.591. The predicted octanol–water partition coefficient (Wildman–Crippen LogP) is 3.69. The highest BCUT2D eigenvalue weighted by atomic mass is 79.9. The average molecular weight is 582 g/mol. The van der Waals surface area contributed by atoms with Crippen LogP contribution in [0.15, 0.2) is 35.1 Å². The predicted molar refractivity (Wildman–Crippen MR) is 144 cm³/mol. The molecule has 0 aliphatic heterocycles. The Morgan fingerprint density at radius 1 is 1.14 bits per heavy atom. The Hall–Kier alpha value is -2.80. The first-order valence-electron chi connectivity index (χ1n) is 12.0. The molecule has 11 nitrogen and oxygen atoms in total. The van der Waals surface area contributed by atoms with Crippen molar-refractivity contribution in [3.63, 3.8) is 0 Å². The van der Waals surface area contributed by atoms with Gasteiger partial charge in [0, 0.05) is 32.4 Å². The summed E-state index contributed by atoms with van der Waals surface area (Å²) in [6.45, 7) is 7.54. The van der Waals surface area contributed by atoms with Crippen LogP contribution in [0.5, 0.6) is 0 Å². The van der Waals surface area contributed by atoms with Gasteiger partial charge >= 0.3 is 6.09 Å². The lowest BCUT2D eigenvalue weighted by Gasteiger charge is -2.27. The van der Waals surface area contributed by atoms with Crippen LogP contribution in [-0.4, -0.2) is 84.1 Å². The molecule has 1 heterocycles. The third-order valence-electron chi connectivity index (χ3n) is 4.76. The lowest BCUT2D eigenvalue weighted by atomic mass is 10.2. The molecule has 204 valence electrons. The van der Waals surface area contributed by atoms with Crippen molar-refractivity contribution < 1.29 is 28.9 Å². The monoisotopic (exact) mass is 581 g/mol. The zero-order valence-electron chi connectivity index (χ0n) is 21.8. The van der Waals surface area contributed by atoms with E-state index in [2.05, 4.69) is 36.5 Å². The van der Waals surface area contributed by atoms with E-state index in [-0.39, 0.29) is 18.2 Å². The zero-order chi connectivity index (χ0) is 27.3. The Kier molecular flexibility index (Phi) is 12.7. The van der Waals surface area contributed by atoms with Gasteiger partial charge in [-0.1, -0.05) is 12.1 Å². The number of anilines is 2. The molecule has 0 aliphatic rings. The second-order valence-corrected chi connectivity index (χ2v) is 9.82. The molecule has 1 aromatic heterocycles. The molecule has 37 heavy (non-hydrogen) atoms. The van der Waals surface area contributed by atoms with Gasteiger partial charge in [0.1, 0.15) is 10.2 Å². The van der Waals surface area contributed by atoms with E-state index in [0.717, 1.165) is 5.56 Å². The number of halogens is 1. The fourth-order valence-corrected chi connectivity index (χ4v) is 3.38. The minimum absolute atomic E-state index is 0.00596. The first-order valence-corrected chi connectivity index (χ1v) is 12.8. The highest BCUT2D eigenvalue weighted by Crippen LogP contribution is 2.17. The topological polar surface area (TPSA) is 135 Å². The van der Waals surface area contributed by atoms with Gasteiger partial charge in [-0.2, -0.15) is 0 Å². The molecule has 0 aliphatic carbocycles. The summed E-state index contributed by atoms with van der Waals surface area (Å²) in [5, 5.41) is 14.8. The van der Waals surface area contributed by atoms with E-state index in [0.29, 0.717) is 62.0 Å². The van der Waals surface area contributed by atoms with Gasteiger partial charge < -0.3 is 34.9 Å². The number of aliphatic hydroxyl groups is 1. The summed E-state index contributed by atoms with van der Waals surface area (Å²) < 4.78 is 17.2. The largest absolute Gasteiger partial charge is 0.444 e. The summed E-state index contributed by atoms with van der Waals surface area (Å²) in [7, 11) is 1.67. The number of hydrogen-bond acceptors (Lipinski definition) is 9. The van der Waals surface area contributed by atoms with Gasteiger partial charge in [0.15, 0.2) is 11.5 Å². The van der Waals surface area contributed by atoms with Crippen LogP contribution in [0.3, 0.4) is 0 Å². The van der Waals surface area contributed by atoms with Gasteiger partial charge in [-0.25, -0.2) is 14.8 Å². The maximum absolute atomic E-state index is 12.7. The number of ether oxygens (including phenoxy) is 3. The lowest BCUT2D eigenvalue weighted by Crippen LogP contribution is -2.39. The fraction of sp³-hybridized carbons (Fsp3) is 0.520. The van der Waals surface area contributed by atoms with Crippen molar-refractivity contribution in [3.8, 4) is 0 Å². The highest BCUT2D eigenvalue weighted by Gasteiger charge is 2.21. The smallest absolute Gasteiger partial charge is 0.410 e. The molecule has 0 radical (unpaired) electrons. The summed E-state index contributed by atoms with van der Waals surface area (Å²) in [6, 6.07) is 7.33. The maximum Gasteiger partial charge on any atom is 0.410 e. The number of hydrogen-bond donors (Lipinski definition) is 3. The van der Waals surface area contributed by atoms with Crippen molar-refractivity contribution in [1.82, 2.24) is 14.9 Å². The molecule has 2 aromatic rings. The van der Waals surface area contributed by atoms with Crippen LogP contribution in [0.2, 0.25) is 0 Å². The first-order chi connectivity index (χ1) is 17.6. The number of carbonyl (C=O) groups is 2. The molecule has 0 atom stereocenters. The molecule has 0 spiro atoms. The molecule has 0 fully saturated rings. The standard InChI is InChI=1S/C25H36BrN5O6/c1-25(2,3)37-24(34)31(9-6-11-32)10-12-35-13-14-36-17-18-7-5-8-19(15-18)29-23(33)21-22(27-4)28-16-20(26)30-21/h5,7-8,15-16,32H,6,9-14,17H2,1-4H3,(H,27,28)(H,29,33). The van der Waals surface area contributed by atoms with E-state index >= 15 is 0 Å². The van der Waals surface area contributed by atoms with Crippen molar-refractivity contribution in [2.45, 2.75) is 39.4 Å². The number of benzene rings is 1. The van der Waals surface area contributed by atoms with Crippen LogP contribution in [0.4, 0.5) is 16.3 Å². The van der Waals surface area contributed by atoms with E-state index in [1.165, 1.54) is 11.1 Å². The number of carbonyl (C=O) groups excluding carboxylic acids is 2. The minimum Gasteiger partial charge on any atom is -0.444 e. The van der Waals surface area contributed by atoms with Crippen LogP contribution >= 0.6 is 15.9 Å². The van der Waals surface area contributed by atoms with Crippen LogP contribution in [0.25, 0.3) is 0 Å². The zero-order valence-corrected chi connectivity index (χ0v) is 23.3.